The number of esters is 3. The van der Waals surface area contributed by atoms with E-state index < -0.39 is 6.10 Å². The quantitative estimate of drug-likeness (QED) is 0.0261. The minimum absolute atomic E-state index is 0.0815. The highest BCUT2D eigenvalue weighted by Gasteiger charge is 2.19. The minimum atomic E-state index is -0.785. The SMILES string of the molecule is CC/C=C\C/C=C\C/C=C\C/C=C\CCCCCCCCCCCCCCCCC(=O)OCC(COC(=O)CCCCCCC/C=C\CCCC)OC(=O)CCCCCCCCCCCC/C=C\C/C=C\C/C=C\C/C=C\CC. The molecule has 0 aromatic rings. The van der Waals surface area contributed by atoms with E-state index in [1.807, 2.05) is 0 Å². The van der Waals surface area contributed by atoms with Crippen LogP contribution in [0.1, 0.15) is 316 Å². The first-order valence-electron chi connectivity index (χ1n) is 33.4. The van der Waals surface area contributed by atoms with Crippen LogP contribution in [0, 0.1) is 0 Å². The average molecular weight is 1100 g/mol. The van der Waals surface area contributed by atoms with Crippen molar-refractivity contribution in [2.45, 2.75) is 322 Å². The highest BCUT2D eigenvalue weighted by atomic mass is 16.6. The largest absolute Gasteiger partial charge is 0.462 e. The summed E-state index contributed by atoms with van der Waals surface area (Å²) in [4.78, 5) is 38.3. The van der Waals surface area contributed by atoms with Crippen LogP contribution >= 0.6 is 0 Å². The average Bonchev–Trinajstić information content (AvgIpc) is 3.45. The number of rotatable bonds is 60. The number of unbranched alkanes of at least 4 members (excludes halogenated alkanes) is 31. The second kappa shape index (κ2) is 66.6. The van der Waals surface area contributed by atoms with Gasteiger partial charge in [0.15, 0.2) is 6.10 Å². The molecule has 0 N–H and O–H groups in total. The molecule has 0 amide bonds. The summed E-state index contributed by atoms with van der Waals surface area (Å²) in [5, 5.41) is 0. The topological polar surface area (TPSA) is 78.9 Å². The van der Waals surface area contributed by atoms with Gasteiger partial charge >= 0.3 is 17.9 Å². The number of allylic oxidation sites excluding steroid dienone is 18. The smallest absolute Gasteiger partial charge is 0.306 e. The van der Waals surface area contributed by atoms with Crippen molar-refractivity contribution in [1.29, 1.82) is 0 Å². The number of carbonyl (C=O) groups is 3. The van der Waals surface area contributed by atoms with Crippen molar-refractivity contribution in [2.24, 2.45) is 0 Å². The van der Waals surface area contributed by atoms with Crippen molar-refractivity contribution in [3.63, 3.8) is 0 Å². The predicted molar refractivity (Wildman–Crippen MR) is 343 cm³/mol. The lowest BCUT2D eigenvalue weighted by atomic mass is 10.0. The van der Waals surface area contributed by atoms with Gasteiger partial charge in [0.2, 0.25) is 0 Å². The maximum Gasteiger partial charge on any atom is 0.306 e. The van der Waals surface area contributed by atoms with E-state index in [1.54, 1.807) is 0 Å². The molecular formula is C73H124O6. The van der Waals surface area contributed by atoms with E-state index >= 15 is 0 Å². The molecule has 0 bridgehead atoms. The summed E-state index contributed by atoms with van der Waals surface area (Å²) in [5.41, 5.74) is 0. The van der Waals surface area contributed by atoms with E-state index in [2.05, 4.69) is 130 Å². The molecule has 0 aromatic heterocycles. The second-order valence-corrected chi connectivity index (χ2v) is 22.0. The van der Waals surface area contributed by atoms with Gasteiger partial charge in [-0.25, -0.2) is 0 Å². The van der Waals surface area contributed by atoms with Crippen LogP contribution in [-0.4, -0.2) is 37.2 Å². The normalized spacial score (nSPS) is 12.8. The number of hydrogen-bond acceptors (Lipinski definition) is 6. The summed E-state index contributed by atoms with van der Waals surface area (Å²) in [6, 6.07) is 0. The lowest BCUT2D eigenvalue weighted by molar-refractivity contribution is -0.167. The summed E-state index contributed by atoms with van der Waals surface area (Å²) in [7, 11) is 0. The first-order chi connectivity index (χ1) is 39.0. The van der Waals surface area contributed by atoms with Gasteiger partial charge in [0.25, 0.3) is 0 Å². The van der Waals surface area contributed by atoms with Crippen molar-refractivity contribution in [3.8, 4) is 0 Å². The minimum Gasteiger partial charge on any atom is -0.462 e. The lowest BCUT2D eigenvalue weighted by Crippen LogP contribution is -2.30. The summed E-state index contributed by atoms with van der Waals surface area (Å²) >= 11 is 0. The highest BCUT2D eigenvalue weighted by molar-refractivity contribution is 5.71. The molecule has 0 aliphatic heterocycles. The zero-order valence-corrected chi connectivity index (χ0v) is 51.9. The van der Waals surface area contributed by atoms with Crippen LogP contribution in [0.3, 0.4) is 0 Å². The van der Waals surface area contributed by atoms with E-state index in [9.17, 15) is 14.4 Å². The third-order valence-electron chi connectivity index (χ3n) is 14.2. The van der Waals surface area contributed by atoms with Crippen molar-refractivity contribution in [3.05, 3.63) is 109 Å². The second-order valence-electron chi connectivity index (χ2n) is 22.0. The maximum atomic E-state index is 12.9. The molecule has 0 aromatic carbocycles. The first-order valence-corrected chi connectivity index (χ1v) is 33.4. The number of hydrogen-bond donors (Lipinski definition) is 0. The number of ether oxygens (including phenoxy) is 3. The van der Waals surface area contributed by atoms with E-state index in [-0.39, 0.29) is 31.1 Å². The van der Waals surface area contributed by atoms with Crippen LogP contribution < -0.4 is 0 Å². The van der Waals surface area contributed by atoms with E-state index in [4.69, 9.17) is 14.2 Å². The zero-order chi connectivity index (χ0) is 57.1. The van der Waals surface area contributed by atoms with Crippen molar-refractivity contribution in [1.82, 2.24) is 0 Å². The summed E-state index contributed by atoms with van der Waals surface area (Å²) < 4.78 is 16.9. The Kier molecular flexibility index (Phi) is 63.3. The van der Waals surface area contributed by atoms with Crippen LogP contribution in [-0.2, 0) is 28.6 Å². The molecule has 0 aliphatic carbocycles. The molecule has 6 nitrogen and oxygen atoms in total. The molecule has 0 heterocycles. The van der Waals surface area contributed by atoms with E-state index in [0.29, 0.717) is 19.3 Å². The van der Waals surface area contributed by atoms with Crippen molar-refractivity contribution in [2.75, 3.05) is 13.2 Å². The Hall–Kier alpha value is -3.93. The van der Waals surface area contributed by atoms with Crippen LogP contribution in [0.15, 0.2) is 109 Å². The molecule has 0 saturated carbocycles. The Morgan fingerprint density at radius 1 is 0.266 bits per heavy atom. The van der Waals surface area contributed by atoms with Crippen LogP contribution in [0.2, 0.25) is 0 Å². The van der Waals surface area contributed by atoms with Gasteiger partial charge in [-0.3, -0.25) is 14.4 Å². The highest BCUT2D eigenvalue weighted by Crippen LogP contribution is 2.17. The molecule has 79 heavy (non-hydrogen) atoms. The van der Waals surface area contributed by atoms with E-state index in [1.165, 1.54) is 161 Å². The zero-order valence-electron chi connectivity index (χ0n) is 51.9. The molecule has 0 saturated heterocycles. The van der Waals surface area contributed by atoms with Gasteiger partial charge in [-0.15, -0.1) is 0 Å². The Bertz CT molecular complexity index is 1590. The van der Waals surface area contributed by atoms with Crippen LogP contribution in [0.25, 0.3) is 0 Å². The van der Waals surface area contributed by atoms with Crippen LogP contribution in [0.5, 0.6) is 0 Å². The predicted octanol–water partition coefficient (Wildman–Crippen LogP) is 23.0. The summed E-state index contributed by atoms with van der Waals surface area (Å²) in [6.45, 7) is 6.39. The molecule has 6 heteroatoms. The fourth-order valence-corrected chi connectivity index (χ4v) is 9.29. The van der Waals surface area contributed by atoms with Gasteiger partial charge in [0, 0.05) is 19.3 Å². The van der Waals surface area contributed by atoms with Crippen molar-refractivity contribution >= 4 is 17.9 Å². The van der Waals surface area contributed by atoms with Gasteiger partial charge in [-0.2, -0.15) is 0 Å². The molecule has 0 radical (unpaired) electrons. The molecule has 0 aliphatic rings. The molecular weight excluding hydrogens is 973 g/mol. The van der Waals surface area contributed by atoms with E-state index in [0.717, 1.165) is 116 Å². The molecule has 452 valence electrons. The summed E-state index contributed by atoms with van der Waals surface area (Å²) in [6.07, 6.45) is 91.1. The van der Waals surface area contributed by atoms with Gasteiger partial charge in [0.05, 0.1) is 0 Å². The summed E-state index contributed by atoms with van der Waals surface area (Å²) in [5.74, 6) is -0.887. The van der Waals surface area contributed by atoms with Crippen LogP contribution in [0.4, 0.5) is 0 Å². The van der Waals surface area contributed by atoms with Gasteiger partial charge in [-0.1, -0.05) is 291 Å². The molecule has 0 spiro atoms. The Morgan fingerprint density at radius 2 is 0.494 bits per heavy atom. The third-order valence-corrected chi connectivity index (χ3v) is 14.2. The van der Waals surface area contributed by atoms with Gasteiger partial charge in [-0.05, 0) is 116 Å². The lowest BCUT2D eigenvalue weighted by Gasteiger charge is -2.18. The Balaban J connectivity index is 4.25. The molecule has 1 atom stereocenters. The third kappa shape index (κ3) is 64.8. The maximum absolute atomic E-state index is 12.9. The standard InChI is InChI=1S/C73H124O6/c1-4-7-10-13-16-19-22-24-26-28-30-32-34-35-36-37-39-40-42-44-46-48-51-54-57-60-63-66-72(75)78-69-70(68-77-71(74)65-62-59-56-53-50-21-18-15-12-9-6-3)79-73(76)67-64-61-58-55-52-49-47-45-43-41-38-33-31-29-27-25-23-20-17-14-11-8-5-2/h7-8,10-11,15-20,24-27,30-33,70H,4-6,9,12-14,21-23,28-29,34-69H2,1-3H3/b10-7-,11-8-,18-15-,19-16-,20-17-,26-24-,27-25-,32-30-,33-31-. The Morgan fingerprint density at radius 3 is 0.785 bits per heavy atom. The molecule has 1 unspecified atom stereocenters. The fraction of sp³-hybridized carbons (Fsp3) is 0.712. The van der Waals surface area contributed by atoms with Crippen molar-refractivity contribution < 1.29 is 28.6 Å². The first kappa shape index (κ1) is 75.1. The van der Waals surface area contributed by atoms with Gasteiger partial charge in [0.1, 0.15) is 13.2 Å². The molecule has 0 rings (SSSR count). The van der Waals surface area contributed by atoms with Gasteiger partial charge < -0.3 is 14.2 Å². The Labute approximate surface area is 489 Å². The monoisotopic (exact) mass is 1100 g/mol. The number of carbonyl (C=O) groups excluding carboxylic acids is 3. The fourth-order valence-electron chi connectivity index (χ4n) is 9.29. The molecule has 0 fully saturated rings.